The van der Waals surface area contributed by atoms with E-state index in [1.165, 1.54) is 24.0 Å². The van der Waals surface area contributed by atoms with Gasteiger partial charge in [0, 0.05) is 0 Å². The first kappa shape index (κ1) is 13.1. The minimum atomic E-state index is -1.14. The molecule has 88 valence electrons. The van der Waals surface area contributed by atoms with Crippen molar-refractivity contribution in [1.29, 1.82) is 0 Å². The Kier molecular flexibility index (Phi) is 3.65. The number of terminal acetylenes is 1. The van der Waals surface area contributed by atoms with Crippen LogP contribution in [-0.4, -0.2) is 10.7 Å². The van der Waals surface area contributed by atoms with Gasteiger partial charge in [-0.05, 0) is 50.2 Å². The zero-order chi connectivity index (χ0) is 12.4. The molecule has 1 unspecified atom stereocenters. The van der Waals surface area contributed by atoms with Crippen LogP contribution in [0.2, 0.25) is 0 Å². The summed E-state index contributed by atoms with van der Waals surface area (Å²) >= 11 is 0. The van der Waals surface area contributed by atoms with E-state index >= 15 is 0 Å². The largest absolute Gasteiger partial charge is 0.374 e. The molecule has 0 aromatic heterocycles. The van der Waals surface area contributed by atoms with Gasteiger partial charge in [-0.2, -0.15) is 0 Å². The van der Waals surface area contributed by atoms with Gasteiger partial charge in [0.1, 0.15) is 5.60 Å². The van der Waals surface area contributed by atoms with E-state index in [2.05, 4.69) is 26.7 Å². The maximum atomic E-state index is 9.76. The zero-order valence-corrected chi connectivity index (χ0v) is 10.8. The van der Waals surface area contributed by atoms with Crippen LogP contribution in [0.15, 0.2) is 23.3 Å². The molecule has 1 N–H and O–H groups in total. The van der Waals surface area contributed by atoms with Crippen LogP contribution in [-0.2, 0) is 0 Å². The fourth-order valence-corrected chi connectivity index (χ4v) is 2.30. The van der Waals surface area contributed by atoms with Gasteiger partial charge in [-0.25, -0.2) is 0 Å². The minimum Gasteiger partial charge on any atom is -0.374 e. The monoisotopic (exact) mass is 218 g/mol. The summed E-state index contributed by atoms with van der Waals surface area (Å²) in [5, 5.41) is 9.76. The molecule has 1 rings (SSSR count). The molecule has 0 bridgehead atoms. The highest BCUT2D eigenvalue weighted by Gasteiger charge is 2.27. The van der Waals surface area contributed by atoms with Gasteiger partial charge in [0.2, 0.25) is 0 Å². The topological polar surface area (TPSA) is 20.2 Å². The van der Waals surface area contributed by atoms with Gasteiger partial charge in [-0.3, -0.25) is 0 Å². The first-order chi connectivity index (χ1) is 7.28. The quantitative estimate of drug-likeness (QED) is 0.704. The van der Waals surface area contributed by atoms with E-state index in [-0.39, 0.29) is 5.41 Å². The number of hydrogen-bond donors (Lipinski definition) is 1. The van der Waals surface area contributed by atoms with Crippen LogP contribution in [0.4, 0.5) is 0 Å². The first-order valence-electron chi connectivity index (χ1n) is 5.88. The Morgan fingerprint density at radius 3 is 2.62 bits per heavy atom. The van der Waals surface area contributed by atoms with Crippen LogP contribution in [0, 0.1) is 17.8 Å². The van der Waals surface area contributed by atoms with Crippen molar-refractivity contribution < 1.29 is 5.11 Å². The molecule has 0 aromatic rings. The summed E-state index contributed by atoms with van der Waals surface area (Å²) in [5.41, 5.74) is 1.80. The van der Waals surface area contributed by atoms with Crippen molar-refractivity contribution in [3.05, 3.63) is 23.3 Å². The van der Waals surface area contributed by atoms with Crippen LogP contribution in [0.5, 0.6) is 0 Å². The molecule has 0 heterocycles. The molecule has 0 saturated heterocycles. The van der Waals surface area contributed by atoms with Crippen molar-refractivity contribution in [2.24, 2.45) is 5.41 Å². The second kappa shape index (κ2) is 4.47. The molecule has 1 heteroatoms. The molecule has 0 fully saturated rings. The van der Waals surface area contributed by atoms with Crippen molar-refractivity contribution >= 4 is 0 Å². The van der Waals surface area contributed by atoms with E-state index in [1.807, 2.05) is 6.08 Å². The Balaban J connectivity index is 3.00. The van der Waals surface area contributed by atoms with E-state index in [9.17, 15) is 5.11 Å². The van der Waals surface area contributed by atoms with Crippen molar-refractivity contribution in [2.75, 3.05) is 0 Å². The molecule has 0 radical (unpaired) electrons. The molecule has 0 saturated carbocycles. The van der Waals surface area contributed by atoms with Gasteiger partial charge in [-0.1, -0.05) is 31.4 Å². The van der Waals surface area contributed by atoms with Crippen molar-refractivity contribution in [2.45, 2.75) is 52.6 Å². The van der Waals surface area contributed by atoms with Gasteiger partial charge in [0.25, 0.3) is 0 Å². The van der Waals surface area contributed by atoms with E-state index in [0.29, 0.717) is 0 Å². The fourth-order valence-electron chi connectivity index (χ4n) is 2.30. The van der Waals surface area contributed by atoms with Crippen LogP contribution in [0.3, 0.4) is 0 Å². The lowest BCUT2D eigenvalue weighted by atomic mass is 9.72. The van der Waals surface area contributed by atoms with Crippen molar-refractivity contribution in [3.8, 4) is 12.3 Å². The Labute approximate surface area is 99.3 Å². The summed E-state index contributed by atoms with van der Waals surface area (Å²) in [5.74, 6) is 2.37. The highest BCUT2D eigenvalue weighted by atomic mass is 16.3. The van der Waals surface area contributed by atoms with Crippen LogP contribution < -0.4 is 0 Å². The molecule has 0 amide bonds. The number of aliphatic hydroxyl groups is 1. The molecule has 0 spiro atoms. The van der Waals surface area contributed by atoms with Crippen LogP contribution in [0.1, 0.15) is 47.0 Å². The van der Waals surface area contributed by atoms with Crippen LogP contribution >= 0.6 is 0 Å². The Morgan fingerprint density at radius 1 is 1.50 bits per heavy atom. The third-order valence-corrected chi connectivity index (χ3v) is 3.41. The van der Waals surface area contributed by atoms with Gasteiger partial charge in [-0.15, -0.1) is 6.42 Å². The van der Waals surface area contributed by atoms with E-state index in [0.717, 1.165) is 6.42 Å². The lowest BCUT2D eigenvalue weighted by Gasteiger charge is -2.33. The Bertz CT molecular complexity index is 361. The van der Waals surface area contributed by atoms with E-state index < -0.39 is 5.60 Å². The van der Waals surface area contributed by atoms with Gasteiger partial charge >= 0.3 is 0 Å². The first-order valence-corrected chi connectivity index (χ1v) is 5.88. The average molecular weight is 218 g/mol. The van der Waals surface area contributed by atoms with Crippen molar-refractivity contribution in [1.82, 2.24) is 0 Å². The standard InChI is InChI=1S/C15H22O/c1-6-15(5,16)11-9-13-12(2)8-7-10-14(13,3)4/h1,9,11,16H,7-8,10H2,2-5H3. The van der Waals surface area contributed by atoms with Crippen LogP contribution in [0.25, 0.3) is 0 Å². The zero-order valence-electron chi connectivity index (χ0n) is 10.8. The summed E-state index contributed by atoms with van der Waals surface area (Å²) in [6, 6.07) is 0. The molecule has 1 atom stereocenters. The lowest BCUT2D eigenvalue weighted by molar-refractivity contribution is 0.174. The molecular weight excluding hydrogens is 196 g/mol. The number of hydrogen-bond acceptors (Lipinski definition) is 1. The smallest absolute Gasteiger partial charge is 0.141 e. The number of allylic oxidation sites excluding steroid dienone is 3. The molecule has 1 aliphatic rings. The summed E-state index contributed by atoms with van der Waals surface area (Å²) in [7, 11) is 0. The molecule has 0 aromatic carbocycles. The average Bonchev–Trinajstić information content (AvgIpc) is 2.16. The Hall–Kier alpha value is -1.00. The molecule has 0 aliphatic heterocycles. The highest BCUT2D eigenvalue weighted by molar-refractivity contribution is 5.35. The molecule has 16 heavy (non-hydrogen) atoms. The second-order valence-electron chi connectivity index (χ2n) is 5.56. The minimum absolute atomic E-state index is 0.198. The summed E-state index contributed by atoms with van der Waals surface area (Å²) < 4.78 is 0. The predicted octanol–water partition coefficient (Wildman–Crippen LogP) is 3.45. The summed E-state index contributed by atoms with van der Waals surface area (Å²) in [6.45, 7) is 8.31. The van der Waals surface area contributed by atoms with Gasteiger partial charge in [0.15, 0.2) is 0 Å². The van der Waals surface area contributed by atoms with Gasteiger partial charge in [0.05, 0.1) is 0 Å². The highest BCUT2D eigenvalue weighted by Crippen LogP contribution is 2.40. The van der Waals surface area contributed by atoms with Gasteiger partial charge < -0.3 is 5.11 Å². The third-order valence-electron chi connectivity index (χ3n) is 3.41. The SMILES string of the molecule is C#CC(C)(O)C=CC1=C(C)CCCC1(C)C. The fraction of sp³-hybridized carbons (Fsp3) is 0.600. The van der Waals surface area contributed by atoms with E-state index in [1.54, 1.807) is 13.0 Å². The molecule has 1 aliphatic carbocycles. The third kappa shape index (κ3) is 3.00. The maximum Gasteiger partial charge on any atom is 0.141 e. The summed E-state index contributed by atoms with van der Waals surface area (Å²) in [6.07, 6.45) is 12.6. The number of rotatable bonds is 2. The van der Waals surface area contributed by atoms with E-state index in [4.69, 9.17) is 6.42 Å². The van der Waals surface area contributed by atoms with Crippen molar-refractivity contribution in [3.63, 3.8) is 0 Å². The predicted molar refractivity (Wildman–Crippen MR) is 68.9 cm³/mol. The normalized spacial score (nSPS) is 24.2. The molecular formula is C15H22O. The Morgan fingerprint density at radius 2 is 2.12 bits per heavy atom. The second-order valence-corrected chi connectivity index (χ2v) is 5.56. The maximum absolute atomic E-state index is 9.76. The molecule has 1 nitrogen and oxygen atoms in total. The lowest BCUT2D eigenvalue weighted by Crippen LogP contribution is -2.21. The summed E-state index contributed by atoms with van der Waals surface area (Å²) in [4.78, 5) is 0.